The van der Waals surface area contributed by atoms with Crippen LogP contribution in [0.1, 0.15) is 59.8 Å². The van der Waals surface area contributed by atoms with Crippen molar-refractivity contribution >= 4 is 11.8 Å². The number of hydrogen-bond donors (Lipinski definition) is 2. The van der Waals surface area contributed by atoms with Gasteiger partial charge in [0.1, 0.15) is 6.10 Å². The summed E-state index contributed by atoms with van der Waals surface area (Å²) in [6.45, 7) is 11.7. The molecule has 0 aliphatic heterocycles. The summed E-state index contributed by atoms with van der Waals surface area (Å²) in [4.78, 5) is 25.3. The Morgan fingerprint density at radius 2 is 1.85 bits per heavy atom. The fraction of sp³-hybridized carbons (Fsp3) is 0.818. The van der Waals surface area contributed by atoms with E-state index in [4.69, 9.17) is 4.74 Å². The molecule has 4 rings (SSSR count). The van der Waals surface area contributed by atoms with Gasteiger partial charge in [-0.25, -0.2) is 0 Å². The highest BCUT2D eigenvalue weighted by molar-refractivity contribution is 6.03. The van der Waals surface area contributed by atoms with Gasteiger partial charge in [-0.2, -0.15) is 0 Å². The third kappa shape index (κ3) is 2.30. The minimum absolute atomic E-state index is 0.0315. The van der Waals surface area contributed by atoms with Gasteiger partial charge < -0.3 is 14.9 Å². The Kier molecular flexibility index (Phi) is 4.01. The Labute approximate surface area is 161 Å². The highest BCUT2D eigenvalue weighted by atomic mass is 16.5. The zero-order valence-electron chi connectivity index (χ0n) is 16.8. The molecule has 0 heterocycles. The van der Waals surface area contributed by atoms with E-state index in [9.17, 15) is 19.8 Å². The fourth-order valence-electron chi connectivity index (χ4n) is 7.91. The van der Waals surface area contributed by atoms with Crippen LogP contribution >= 0.6 is 0 Å². The summed E-state index contributed by atoms with van der Waals surface area (Å²) < 4.78 is 5.81. The molecule has 4 fully saturated rings. The molecule has 0 unspecified atom stereocenters. The minimum atomic E-state index is -0.691. The Morgan fingerprint density at radius 3 is 2.48 bits per heavy atom. The molecule has 0 amide bonds. The average molecular weight is 376 g/mol. The maximum absolute atomic E-state index is 13.4. The average Bonchev–Trinajstić information content (AvgIpc) is 2.71. The molecule has 5 nitrogen and oxygen atoms in total. The van der Waals surface area contributed by atoms with E-state index in [1.165, 1.54) is 6.92 Å². The molecule has 4 aliphatic carbocycles. The Hall–Kier alpha value is -1.20. The van der Waals surface area contributed by atoms with Crippen LogP contribution in [0.3, 0.4) is 0 Å². The van der Waals surface area contributed by atoms with Crippen molar-refractivity contribution in [2.24, 2.45) is 34.0 Å². The molecule has 150 valence electrons. The molecule has 5 heteroatoms. The molecule has 0 saturated heterocycles. The SMILES string of the molecule is C=C1C(=O)[C@]23C[C@@H]1C[C@H](O)[C@H]2[C@]1(C)CC[C@H](O)C(C)(C)[C@H]1[C@@H](OC(C)=O)C3. The van der Waals surface area contributed by atoms with E-state index in [1.54, 1.807) is 0 Å². The summed E-state index contributed by atoms with van der Waals surface area (Å²) in [5.74, 6) is -0.554. The number of ketones is 1. The second-order valence-electron chi connectivity index (χ2n) is 10.4. The summed E-state index contributed by atoms with van der Waals surface area (Å²) in [5, 5.41) is 21.9. The van der Waals surface area contributed by atoms with Crippen LogP contribution in [0.15, 0.2) is 12.2 Å². The van der Waals surface area contributed by atoms with Crippen LogP contribution in [0.2, 0.25) is 0 Å². The molecule has 0 radical (unpaired) electrons. The smallest absolute Gasteiger partial charge is 0.302 e. The quantitative estimate of drug-likeness (QED) is 0.543. The number of allylic oxidation sites excluding steroid dienone is 1. The van der Waals surface area contributed by atoms with Crippen molar-refractivity contribution in [1.82, 2.24) is 0 Å². The van der Waals surface area contributed by atoms with Crippen LogP contribution in [0.25, 0.3) is 0 Å². The minimum Gasteiger partial charge on any atom is -0.462 e. The molecule has 4 aliphatic rings. The molecule has 0 aromatic carbocycles. The van der Waals surface area contributed by atoms with Gasteiger partial charge >= 0.3 is 5.97 Å². The normalized spacial score (nSPS) is 50.7. The second-order valence-corrected chi connectivity index (χ2v) is 10.4. The number of aliphatic hydroxyl groups excluding tert-OH is 2. The molecule has 2 bridgehead atoms. The molecule has 27 heavy (non-hydrogen) atoms. The molecule has 0 aromatic rings. The number of rotatable bonds is 1. The van der Waals surface area contributed by atoms with Gasteiger partial charge in [-0.1, -0.05) is 27.4 Å². The Morgan fingerprint density at radius 1 is 1.19 bits per heavy atom. The first-order valence-electron chi connectivity index (χ1n) is 10.2. The summed E-state index contributed by atoms with van der Waals surface area (Å²) in [5.41, 5.74) is -0.908. The van der Waals surface area contributed by atoms with Crippen molar-refractivity contribution in [3.63, 3.8) is 0 Å². The van der Waals surface area contributed by atoms with Crippen molar-refractivity contribution in [2.45, 2.75) is 78.1 Å². The van der Waals surface area contributed by atoms with Crippen LogP contribution in [-0.2, 0) is 14.3 Å². The van der Waals surface area contributed by atoms with Gasteiger partial charge in [0, 0.05) is 24.2 Å². The van der Waals surface area contributed by atoms with E-state index in [0.29, 0.717) is 37.7 Å². The number of fused-ring (bicyclic) bond motifs is 3. The number of hydrogen-bond acceptors (Lipinski definition) is 5. The van der Waals surface area contributed by atoms with Crippen LogP contribution < -0.4 is 0 Å². The molecule has 0 aromatic heterocycles. The maximum Gasteiger partial charge on any atom is 0.302 e. The summed E-state index contributed by atoms with van der Waals surface area (Å²) in [6.07, 6.45) is 1.57. The van der Waals surface area contributed by atoms with Crippen LogP contribution in [0.4, 0.5) is 0 Å². The lowest BCUT2D eigenvalue weighted by Crippen LogP contribution is -2.68. The second kappa shape index (κ2) is 5.66. The zero-order chi connectivity index (χ0) is 19.9. The van der Waals surface area contributed by atoms with Gasteiger partial charge in [0.25, 0.3) is 0 Å². The molecular formula is C22H32O5. The number of esters is 1. The lowest BCUT2D eigenvalue weighted by molar-refractivity contribution is -0.246. The summed E-state index contributed by atoms with van der Waals surface area (Å²) >= 11 is 0. The Balaban J connectivity index is 1.89. The van der Waals surface area contributed by atoms with E-state index in [1.807, 2.05) is 13.8 Å². The molecular weight excluding hydrogens is 344 g/mol. The van der Waals surface area contributed by atoms with Gasteiger partial charge in [0.05, 0.1) is 12.2 Å². The predicted molar refractivity (Wildman–Crippen MR) is 99.6 cm³/mol. The summed E-state index contributed by atoms with van der Waals surface area (Å²) in [6, 6.07) is 0. The molecule has 4 saturated carbocycles. The van der Waals surface area contributed by atoms with Crippen LogP contribution in [0, 0.1) is 34.0 Å². The van der Waals surface area contributed by atoms with E-state index < -0.39 is 29.1 Å². The van der Waals surface area contributed by atoms with Crippen LogP contribution in [-0.4, -0.2) is 40.3 Å². The first-order chi connectivity index (χ1) is 12.4. The lowest BCUT2D eigenvalue weighted by atomic mass is 9.39. The van der Waals surface area contributed by atoms with E-state index >= 15 is 0 Å². The van der Waals surface area contributed by atoms with Crippen molar-refractivity contribution in [3.8, 4) is 0 Å². The predicted octanol–water partition coefficient (Wildman–Crippen LogP) is 2.64. The van der Waals surface area contributed by atoms with Gasteiger partial charge in [-0.15, -0.1) is 0 Å². The third-order valence-electron chi connectivity index (χ3n) is 8.65. The lowest BCUT2D eigenvalue weighted by Gasteiger charge is -2.66. The van der Waals surface area contributed by atoms with Gasteiger partial charge in [-0.05, 0) is 54.4 Å². The largest absolute Gasteiger partial charge is 0.462 e. The van der Waals surface area contributed by atoms with Crippen molar-refractivity contribution < 1.29 is 24.5 Å². The fourth-order valence-corrected chi connectivity index (χ4v) is 7.91. The number of aliphatic hydroxyl groups is 2. The molecule has 8 atom stereocenters. The van der Waals surface area contributed by atoms with Crippen LogP contribution in [0.5, 0.6) is 0 Å². The van der Waals surface area contributed by atoms with Gasteiger partial charge in [0.2, 0.25) is 0 Å². The number of carbonyl (C=O) groups is 2. The van der Waals surface area contributed by atoms with Crippen molar-refractivity contribution in [2.75, 3.05) is 0 Å². The number of carbonyl (C=O) groups excluding carboxylic acids is 2. The number of Topliss-reactive ketones (excluding diaryl/α,β-unsaturated/α-hetero) is 1. The number of ether oxygens (including phenoxy) is 1. The third-order valence-corrected chi connectivity index (χ3v) is 8.65. The summed E-state index contributed by atoms with van der Waals surface area (Å²) in [7, 11) is 0. The highest BCUT2D eigenvalue weighted by Gasteiger charge is 2.72. The van der Waals surface area contributed by atoms with Gasteiger partial charge in [0.15, 0.2) is 5.78 Å². The Bertz CT molecular complexity index is 711. The van der Waals surface area contributed by atoms with Crippen molar-refractivity contribution in [1.29, 1.82) is 0 Å². The van der Waals surface area contributed by atoms with Gasteiger partial charge in [-0.3, -0.25) is 9.59 Å². The maximum atomic E-state index is 13.4. The first-order valence-corrected chi connectivity index (χ1v) is 10.2. The standard InChI is InChI=1S/C22H32O5/c1-11-13-8-14(24)17-21(5)7-6-16(25)20(3,4)18(21)15(27-12(2)23)10-22(17,9-13)19(11)26/h13-18,24-25H,1,6-10H2,2-5H3/t13-,14-,15-,16-,17-,18+,21-,22-/m0/s1. The topological polar surface area (TPSA) is 83.8 Å². The monoisotopic (exact) mass is 376 g/mol. The first kappa shape index (κ1) is 19.1. The van der Waals surface area contributed by atoms with E-state index in [-0.39, 0.29) is 34.9 Å². The van der Waals surface area contributed by atoms with E-state index in [0.717, 1.165) is 0 Å². The van der Waals surface area contributed by atoms with Crippen molar-refractivity contribution in [3.05, 3.63) is 12.2 Å². The zero-order valence-corrected chi connectivity index (χ0v) is 16.8. The highest BCUT2D eigenvalue weighted by Crippen LogP contribution is 2.71. The molecule has 2 N–H and O–H groups in total. The van der Waals surface area contributed by atoms with E-state index in [2.05, 4.69) is 13.5 Å². The molecule has 1 spiro atoms.